The van der Waals surface area contributed by atoms with Gasteiger partial charge in [0.1, 0.15) is 0 Å². The van der Waals surface area contributed by atoms with Gasteiger partial charge in [-0.25, -0.2) is 4.98 Å². The normalized spacial score (nSPS) is 11.2. The maximum Gasteiger partial charge on any atom is 0.191 e. The fraction of sp³-hybridized carbons (Fsp3) is 0.300. The van der Waals surface area contributed by atoms with E-state index in [0.29, 0.717) is 0 Å². The Morgan fingerprint density at radius 3 is 2.50 bits per heavy atom. The highest BCUT2D eigenvalue weighted by Gasteiger charge is 2.03. The number of hydrogen-bond acceptors (Lipinski definition) is 2. The molecule has 0 radical (unpaired) electrons. The molecule has 0 bridgehead atoms. The molecule has 0 aliphatic rings. The summed E-state index contributed by atoms with van der Waals surface area (Å²) in [5.41, 5.74) is 4.70. The van der Waals surface area contributed by atoms with Crippen LogP contribution >= 0.6 is 24.0 Å². The molecule has 1 aromatic heterocycles. The fourth-order valence-corrected chi connectivity index (χ4v) is 2.75. The summed E-state index contributed by atoms with van der Waals surface area (Å²) in [6, 6.07) is 16.9. The molecule has 138 valence electrons. The van der Waals surface area contributed by atoms with E-state index >= 15 is 0 Å². The van der Waals surface area contributed by atoms with Crippen molar-refractivity contribution in [3.05, 3.63) is 66.0 Å². The van der Waals surface area contributed by atoms with Gasteiger partial charge in [0.25, 0.3) is 0 Å². The summed E-state index contributed by atoms with van der Waals surface area (Å²) >= 11 is 0. The summed E-state index contributed by atoms with van der Waals surface area (Å²) in [5, 5.41) is 6.61. The highest BCUT2D eigenvalue weighted by atomic mass is 127. The topological polar surface area (TPSA) is 54.2 Å². The summed E-state index contributed by atoms with van der Waals surface area (Å²) in [4.78, 5) is 8.67. The van der Waals surface area contributed by atoms with Crippen LogP contribution in [0.15, 0.2) is 59.9 Å². The smallest absolute Gasteiger partial charge is 0.191 e. The average molecular weight is 463 g/mol. The third-order valence-electron chi connectivity index (χ3n) is 4.13. The van der Waals surface area contributed by atoms with Gasteiger partial charge >= 0.3 is 0 Å². The lowest BCUT2D eigenvalue weighted by atomic mass is 10.1. The molecular weight excluding hydrogens is 437 g/mol. The van der Waals surface area contributed by atoms with E-state index in [1.165, 1.54) is 16.6 Å². The lowest BCUT2D eigenvalue weighted by Gasteiger charge is -2.11. The molecule has 6 heteroatoms. The van der Waals surface area contributed by atoms with Crippen molar-refractivity contribution in [2.75, 3.05) is 13.6 Å². The van der Waals surface area contributed by atoms with Gasteiger partial charge in [0.15, 0.2) is 5.96 Å². The number of aliphatic imine (C=N–C) groups is 1. The van der Waals surface area contributed by atoms with Crippen LogP contribution in [0, 0.1) is 0 Å². The Morgan fingerprint density at radius 1 is 1.04 bits per heavy atom. The van der Waals surface area contributed by atoms with Gasteiger partial charge in [0, 0.05) is 26.7 Å². The van der Waals surface area contributed by atoms with E-state index in [9.17, 15) is 0 Å². The van der Waals surface area contributed by atoms with Crippen molar-refractivity contribution in [2.45, 2.75) is 26.4 Å². The first-order valence-electron chi connectivity index (χ1n) is 8.72. The molecule has 2 N–H and O–H groups in total. The van der Waals surface area contributed by atoms with Gasteiger partial charge in [0.2, 0.25) is 0 Å². The first-order valence-corrected chi connectivity index (χ1v) is 8.72. The van der Waals surface area contributed by atoms with E-state index in [1.54, 1.807) is 7.05 Å². The van der Waals surface area contributed by atoms with E-state index in [2.05, 4.69) is 68.5 Å². The van der Waals surface area contributed by atoms with Crippen LogP contribution in [-0.4, -0.2) is 29.1 Å². The standard InChI is InChI=1S/C20H25N5.HI/c1-3-12-22-20(21-2)23-13-16-8-10-17(11-9-16)14-25-15-24-18-6-4-5-7-19(18)25;/h4-11,15H,3,12-14H2,1-2H3,(H2,21,22,23);1H. The number of para-hydroxylation sites is 2. The maximum absolute atomic E-state index is 4.45. The number of rotatable bonds is 6. The minimum atomic E-state index is 0. The van der Waals surface area contributed by atoms with E-state index in [1.807, 2.05) is 18.5 Å². The number of fused-ring (bicyclic) bond motifs is 1. The molecule has 3 aromatic rings. The molecule has 2 aromatic carbocycles. The lowest BCUT2D eigenvalue weighted by molar-refractivity contribution is 0.780. The Bertz CT molecular complexity index is 839. The zero-order chi connectivity index (χ0) is 17.5. The summed E-state index contributed by atoms with van der Waals surface area (Å²) in [6.07, 6.45) is 2.99. The van der Waals surface area contributed by atoms with Gasteiger partial charge in [-0.1, -0.05) is 43.3 Å². The lowest BCUT2D eigenvalue weighted by Crippen LogP contribution is -2.37. The SMILES string of the molecule is CCCNC(=NC)NCc1ccc(Cn2cnc3ccccc32)cc1.I. The zero-order valence-electron chi connectivity index (χ0n) is 15.3. The van der Waals surface area contributed by atoms with Crippen molar-refractivity contribution in [3.8, 4) is 0 Å². The fourth-order valence-electron chi connectivity index (χ4n) is 2.75. The second kappa shape index (κ2) is 10.2. The number of halogens is 1. The Balaban J connectivity index is 0.00000243. The van der Waals surface area contributed by atoms with E-state index in [4.69, 9.17) is 0 Å². The largest absolute Gasteiger partial charge is 0.356 e. The summed E-state index contributed by atoms with van der Waals surface area (Å²) in [5.74, 6) is 0.843. The molecule has 0 spiro atoms. The molecule has 0 aliphatic heterocycles. The molecule has 26 heavy (non-hydrogen) atoms. The number of nitrogens with zero attached hydrogens (tertiary/aromatic N) is 3. The van der Waals surface area contributed by atoms with Crippen molar-refractivity contribution < 1.29 is 0 Å². The Morgan fingerprint density at radius 2 is 1.77 bits per heavy atom. The van der Waals surface area contributed by atoms with Crippen molar-refractivity contribution in [1.82, 2.24) is 20.2 Å². The molecule has 3 rings (SSSR count). The predicted molar refractivity (Wildman–Crippen MR) is 119 cm³/mol. The van der Waals surface area contributed by atoms with Gasteiger partial charge in [0.05, 0.1) is 17.4 Å². The number of nitrogens with one attached hydrogen (secondary N) is 2. The number of aromatic nitrogens is 2. The average Bonchev–Trinajstić information content (AvgIpc) is 3.06. The van der Waals surface area contributed by atoms with Gasteiger partial charge in [-0.3, -0.25) is 4.99 Å². The molecular formula is C20H26IN5. The van der Waals surface area contributed by atoms with Crippen molar-refractivity contribution in [1.29, 1.82) is 0 Å². The summed E-state index contributed by atoms with van der Waals surface area (Å²) < 4.78 is 2.18. The third-order valence-corrected chi connectivity index (χ3v) is 4.13. The van der Waals surface area contributed by atoms with Crippen LogP contribution in [0.4, 0.5) is 0 Å². The maximum atomic E-state index is 4.45. The molecule has 0 saturated heterocycles. The van der Waals surface area contributed by atoms with Crippen LogP contribution in [0.5, 0.6) is 0 Å². The Hall–Kier alpha value is -2.09. The molecule has 5 nitrogen and oxygen atoms in total. The van der Waals surface area contributed by atoms with Gasteiger partial charge in [-0.15, -0.1) is 24.0 Å². The van der Waals surface area contributed by atoms with Gasteiger partial charge in [-0.05, 0) is 29.7 Å². The quantitative estimate of drug-likeness (QED) is 0.333. The van der Waals surface area contributed by atoms with Crippen molar-refractivity contribution in [2.24, 2.45) is 4.99 Å². The molecule has 0 fully saturated rings. The number of guanidine groups is 1. The zero-order valence-corrected chi connectivity index (χ0v) is 17.6. The van der Waals surface area contributed by atoms with Crippen LogP contribution < -0.4 is 10.6 Å². The minimum Gasteiger partial charge on any atom is -0.356 e. The van der Waals surface area contributed by atoms with Gasteiger partial charge in [-0.2, -0.15) is 0 Å². The second-order valence-electron chi connectivity index (χ2n) is 6.03. The van der Waals surface area contributed by atoms with Gasteiger partial charge < -0.3 is 15.2 Å². The number of benzene rings is 2. The van der Waals surface area contributed by atoms with Crippen molar-refractivity contribution >= 4 is 41.0 Å². The molecule has 1 heterocycles. The van der Waals surface area contributed by atoms with Crippen LogP contribution in [-0.2, 0) is 13.1 Å². The van der Waals surface area contributed by atoms with E-state index in [0.717, 1.165) is 37.5 Å². The molecule has 0 atom stereocenters. The van der Waals surface area contributed by atoms with E-state index in [-0.39, 0.29) is 24.0 Å². The highest BCUT2D eigenvalue weighted by Crippen LogP contribution is 2.14. The summed E-state index contributed by atoms with van der Waals surface area (Å²) in [6.45, 7) is 4.66. The number of hydrogen-bond donors (Lipinski definition) is 2. The number of imidazole rings is 1. The van der Waals surface area contributed by atoms with Crippen LogP contribution in [0.2, 0.25) is 0 Å². The second-order valence-corrected chi connectivity index (χ2v) is 6.03. The van der Waals surface area contributed by atoms with Crippen LogP contribution in [0.3, 0.4) is 0 Å². The Labute approximate surface area is 172 Å². The molecule has 0 unspecified atom stereocenters. The molecule has 0 aliphatic carbocycles. The Kier molecular flexibility index (Phi) is 7.90. The molecule has 0 amide bonds. The summed E-state index contributed by atoms with van der Waals surface area (Å²) in [7, 11) is 1.80. The minimum absolute atomic E-state index is 0. The van der Waals surface area contributed by atoms with Crippen LogP contribution in [0.1, 0.15) is 24.5 Å². The third kappa shape index (κ3) is 5.20. The first-order chi connectivity index (χ1) is 12.3. The highest BCUT2D eigenvalue weighted by molar-refractivity contribution is 14.0. The van der Waals surface area contributed by atoms with E-state index < -0.39 is 0 Å². The van der Waals surface area contributed by atoms with Crippen LogP contribution in [0.25, 0.3) is 11.0 Å². The van der Waals surface area contributed by atoms with Crippen molar-refractivity contribution in [3.63, 3.8) is 0 Å². The first kappa shape index (κ1) is 20.2. The predicted octanol–water partition coefficient (Wildman–Crippen LogP) is 3.78. The monoisotopic (exact) mass is 463 g/mol. The molecule has 0 saturated carbocycles.